The normalized spacial score (nSPS) is 27.2. The van der Waals surface area contributed by atoms with Crippen LogP contribution in [0.5, 0.6) is 5.75 Å². The molecule has 0 spiro atoms. The molecule has 19 heavy (non-hydrogen) atoms. The molecule has 2 nitrogen and oxygen atoms in total. The van der Waals surface area contributed by atoms with E-state index in [9.17, 15) is 0 Å². The van der Waals surface area contributed by atoms with Gasteiger partial charge in [0.1, 0.15) is 5.75 Å². The van der Waals surface area contributed by atoms with Gasteiger partial charge in [-0.3, -0.25) is 0 Å². The Morgan fingerprint density at radius 2 is 1.79 bits per heavy atom. The van der Waals surface area contributed by atoms with Gasteiger partial charge in [-0.25, -0.2) is 0 Å². The highest BCUT2D eigenvalue weighted by Gasteiger charge is 2.24. The fourth-order valence-electron chi connectivity index (χ4n) is 3.17. The molecule has 2 rings (SSSR count). The van der Waals surface area contributed by atoms with Gasteiger partial charge in [-0.15, -0.1) is 0 Å². The van der Waals surface area contributed by atoms with Crippen molar-refractivity contribution in [2.24, 2.45) is 11.8 Å². The Kier molecular flexibility index (Phi) is 5.53. The molecular formula is C16H25ClNO+. The zero-order valence-electron chi connectivity index (χ0n) is 12.0. The molecule has 1 heterocycles. The number of hydrogen-bond donors (Lipinski definition) is 1. The average Bonchev–Trinajstić information content (AvgIpc) is 2.36. The molecule has 0 unspecified atom stereocenters. The molecule has 2 atom stereocenters. The molecule has 0 aliphatic carbocycles. The number of likely N-dealkylation sites (tertiary alicyclic amines) is 1. The van der Waals surface area contributed by atoms with Crippen LogP contribution < -0.4 is 9.64 Å². The van der Waals surface area contributed by atoms with Crippen LogP contribution >= 0.6 is 11.6 Å². The second kappa shape index (κ2) is 7.16. The maximum atomic E-state index is 5.84. The Morgan fingerprint density at radius 1 is 1.16 bits per heavy atom. The lowest BCUT2D eigenvalue weighted by Gasteiger charge is -2.31. The van der Waals surface area contributed by atoms with Gasteiger partial charge >= 0.3 is 0 Å². The molecule has 0 radical (unpaired) electrons. The van der Waals surface area contributed by atoms with Crippen molar-refractivity contribution in [2.45, 2.75) is 26.7 Å². The summed E-state index contributed by atoms with van der Waals surface area (Å²) in [5, 5.41) is 0.757. The Balaban J connectivity index is 1.65. The Labute approximate surface area is 121 Å². The van der Waals surface area contributed by atoms with Gasteiger partial charge in [0.25, 0.3) is 0 Å². The molecule has 1 fully saturated rings. The van der Waals surface area contributed by atoms with E-state index in [0.29, 0.717) is 0 Å². The van der Waals surface area contributed by atoms with E-state index >= 15 is 0 Å². The van der Waals surface area contributed by atoms with Crippen molar-refractivity contribution in [3.63, 3.8) is 0 Å². The van der Waals surface area contributed by atoms with E-state index in [-0.39, 0.29) is 0 Å². The van der Waals surface area contributed by atoms with Gasteiger partial charge < -0.3 is 9.64 Å². The lowest BCUT2D eigenvalue weighted by Crippen LogP contribution is -3.14. The van der Waals surface area contributed by atoms with E-state index in [0.717, 1.165) is 35.6 Å². The topological polar surface area (TPSA) is 13.7 Å². The maximum Gasteiger partial charge on any atom is 0.119 e. The minimum Gasteiger partial charge on any atom is -0.493 e. The molecule has 1 aliphatic heterocycles. The molecule has 1 aromatic carbocycles. The molecule has 0 bridgehead atoms. The molecule has 1 saturated heterocycles. The number of benzene rings is 1. The molecule has 106 valence electrons. The smallest absolute Gasteiger partial charge is 0.119 e. The first kappa shape index (κ1) is 14.7. The molecule has 1 N–H and O–H groups in total. The van der Waals surface area contributed by atoms with E-state index in [1.54, 1.807) is 4.90 Å². The quantitative estimate of drug-likeness (QED) is 0.820. The van der Waals surface area contributed by atoms with Gasteiger partial charge in [-0.1, -0.05) is 25.4 Å². The number of ether oxygens (including phenoxy) is 1. The Morgan fingerprint density at radius 3 is 2.42 bits per heavy atom. The molecule has 3 heteroatoms. The molecule has 0 amide bonds. The van der Waals surface area contributed by atoms with E-state index in [1.165, 1.54) is 26.1 Å². The minimum absolute atomic E-state index is 0.757. The third-order valence-corrected chi connectivity index (χ3v) is 4.09. The van der Waals surface area contributed by atoms with E-state index in [4.69, 9.17) is 16.3 Å². The summed E-state index contributed by atoms with van der Waals surface area (Å²) in [5.74, 6) is 2.66. The summed E-state index contributed by atoms with van der Waals surface area (Å²) >= 11 is 5.84. The highest BCUT2D eigenvalue weighted by atomic mass is 35.5. The molecule has 0 saturated carbocycles. The van der Waals surface area contributed by atoms with Crippen molar-refractivity contribution < 1.29 is 9.64 Å². The van der Waals surface area contributed by atoms with Crippen molar-refractivity contribution in [2.75, 3.05) is 26.2 Å². The van der Waals surface area contributed by atoms with Crippen LogP contribution in [0.3, 0.4) is 0 Å². The summed E-state index contributed by atoms with van der Waals surface area (Å²) in [6.07, 6.45) is 2.52. The largest absolute Gasteiger partial charge is 0.493 e. The van der Waals surface area contributed by atoms with Gasteiger partial charge in [0.05, 0.1) is 26.2 Å². The number of piperidine rings is 1. The van der Waals surface area contributed by atoms with Crippen molar-refractivity contribution in [1.82, 2.24) is 0 Å². The Bertz CT molecular complexity index is 369. The molecular weight excluding hydrogens is 258 g/mol. The van der Waals surface area contributed by atoms with Gasteiger partial charge in [0, 0.05) is 23.3 Å². The molecule has 0 aromatic heterocycles. The number of hydrogen-bond acceptors (Lipinski definition) is 1. The van der Waals surface area contributed by atoms with Crippen LogP contribution in [0.25, 0.3) is 0 Å². The molecule has 1 aromatic rings. The van der Waals surface area contributed by atoms with Crippen molar-refractivity contribution in [3.8, 4) is 5.75 Å². The van der Waals surface area contributed by atoms with Crippen LogP contribution in [0.4, 0.5) is 0 Å². The van der Waals surface area contributed by atoms with Crippen LogP contribution in [0.15, 0.2) is 24.3 Å². The highest BCUT2D eigenvalue weighted by Crippen LogP contribution is 2.15. The van der Waals surface area contributed by atoms with Crippen LogP contribution in [-0.4, -0.2) is 26.2 Å². The summed E-state index contributed by atoms with van der Waals surface area (Å²) in [5.41, 5.74) is 0. The summed E-state index contributed by atoms with van der Waals surface area (Å²) in [6, 6.07) is 7.60. The van der Waals surface area contributed by atoms with Crippen LogP contribution in [0.2, 0.25) is 5.02 Å². The highest BCUT2D eigenvalue weighted by molar-refractivity contribution is 6.30. The first-order valence-electron chi connectivity index (χ1n) is 7.35. The lowest BCUT2D eigenvalue weighted by molar-refractivity contribution is -0.912. The average molecular weight is 283 g/mol. The first-order valence-corrected chi connectivity index (χ1v) is 7.73. The summed E-state index contributed by atoms with van der Waals surface area (Å²) in [7, 11) is 0. The SMILES string of the molecule is C[C@H]1C[C@H](C)C[NH+](CCCOc2ccc(Cl)cc2)C1. The number of quaternary nitrogens is 1. The fraction of sp³-hybridized carbons (Fsp3) is 0.625. The number of nitrogens with one attached hydrogen (secondary N) is 1. The summed E-state index contributed by atoms with van der Waals surface area (Å²) < 4.78 is 5.73. The monoisotopic (exact) mass is 282 g/mol. The van der Waals surface area contributed by atoms with Crippen LogP contribution in [0, 0.1) is 11.8 Å². The van der Waals surface area contributed by atoms with Gasteiger partial charge in [-0.05, 0) is 30.7 Å². The van der Waals surface area contributed by atoms with E-state index in [1.807, 2.05) is 24.3 Å². The third kappa shape index (κ3) is 5.04. The van der Waals surface area contributed by atoms with Crippen LogP contribution in [0.1, 0.15) is 26.7 Å². The third-order valence-electron chi connectivity index (χ3n) is 3.84. The second-order valence-corrected chi connectivity index (χ2v) is 6.45. The predicted octanol–water partition coefficient (Wildman–Crippen LogP) is 2.67. The Hall–Kier alpha value is -0.730. The van der Waals surface area contributed by atoms with Crippen molar-refractivity contribution in [1.29, 1.82) is 0 Å². The number of rotatable bonds is 5. The first-order chi connectivity index (χ1) is 9.13. The van der Waals surface area contributed by atoms with Gasteiger partial charge in [0.15, 0.2) is 0 Å². The van der Waals surface area contributed by atoms with Crippen molar-refractivity contribution in [3.05, 3.63) is 29.3 Å². The standard InChI is InChI=1S/C16H24ClNO/c1-13-10-14(2)12-18(11-13)8-3-9-19-16-6-4-15(17)5-7-16/h4-7,13-14H,3,8-12H2,1-2H3/p+1/t13-,14-/m0/s1. The molecule has 1 aliphatic rings. The van der Waals surface area contributed by atoms with Crippen molar-refractivity contribution >= 4 is 11.6 Å². The van der Waals surface area contributed by atoms with Gasteiger partial charge in [0.2, 0.25) is 0 Å². The fourth-order valence-corrected chi connectivity index (χ4v) is 3.30. The predicted molar refractivity (Wildman–Crippen MR) is 80.1 cm³/mol. The zero-order chi connectivity index (χ0) is 13.7. The minimum atomic E-state index is 0.757. The van der Waals surface area contributed by atoms with E-state index in [2.05, 4.69) is 13.8 Å². The summed E-state index contributed by atoms with van der Waals surface area (Å²) in [4.78, 5) is 1.74. The van der Waals surface area contributed by atoms with Gasteiger partial charge in [-0.2, -0.15) is 0 Å². The van der Waals surface area contributed by atoms with E-state index < -0.39 is 0 Å². The lowest BCUT2D eigenvalue weighted by atomic mass is 9.92. The summed E-state index contributed by atoms with van der Waals surface area (Å²) in [6.45, 7) is 9.42. The van der Waals surface area contributed by atoms with Crippen LogP contribution in [-0.2, 0) is 0 Å². The second-order valence-electron chi connectivity index (χ2n) is 6.01. The number of halogens is 1. The zero-order valence-corrected chi connectivity index (χ0v) is 12.7. The maximum absolute atomic E-state index is 5.84.